The normalized spacial score (nSPS) is 12.4. The molecule has 0 spiro atoms. The van der Waals surface area contributed by atoms with Gasteiger partial charge in [0, 0.05) is 0 Å². The molecule has 6 heteroatoms. The molecule has 0 N–H and O–H groups in total. The van der Waals surface area contributed by atoms with E-state index in [2.05, 4.69) is 34.6 Å². The lowest BCUT2D eigenvalue weighted by atomic mass is 10.2. The van der Waals surface area contributed by atoms with E-state index in [9.17, 15) is 17.3 Å². The quantitative estimate of drug-likeness (QED) is 0.390. The van der Waals surface area contributed by atoms with Gasteiger partial charge in [0.2, 0.25) is 0 Å². The van der Waals surface area contributed by atoms with Gasteiger partial charge in [0.05, 0.1) is 25.7 Å². The Bertz CT molecular complexity index is 161. The van der Waals surface area contributed by atoms with Crippen LogP contribution in [-0.2, 0) is 0 Å². The van der Waals surface area contributed by atoms with Crippen molar-refractivity contribution < 1.29 is 21.7 Å². The smallest absolute Gasteiger partial charge is 0.418 e. The average Bonchev–Trinajstić information content (AvgIpc) is 2.11. The van der Waals surface area contributed by atoms with Gasteiger partial charge in [-0.05, 0) is 34.1 Å². The highest BCUT2D eigenvalue weighted by Gasteiger charge is 2.25. The molecule has 0 aliphatic rings. The Balaban J connectivity index is 0. The first-order chi connectivity index (χ1) is 7.13. The molecular formula is C10H24BF4N. The lowest BCUT2D eigenvalue weighted by molar-refractivity contribution is -0.944. The zero-order chi connectivity index (χ0) is 13.4. The maximum atomic E-state index is 9.75. The second-order valence-corrected chi connectivity index (χ2v) is 4.16. The number of halogens is 4. The van der Waals surface area contributed by atoms with Crippen LogP contribution >= 0.6 is 0 Å². The highest BCUT2D eigenvalue weighted by molar-refractivity contribution is 6.50. The number of hydrogen-bond donors (Lipinski definition) is 0. The van der Waals surface area contributed by atoms with Gasteiger partial charge >= 0.3 is 7.25 Å². The standard InChI is InChI=1S/C10H24N.BF4/c1-6-9-11(7-2,8-3)10(4)5;2-1(3,4)5/h10H,6-9H2,1-5H3;/q+1;-1. The van der Waals surface area contributed by atoms with Crippen LogP contribution in [0.5, 0.6) is 0 Å². The molecule has 16 heavy (non-hydrogen) atoms. The topological polar surface area (TPSA) is 0 Å². The molecule has 0 saturated heterocycles. The van der Waals surface area contributed by atoms with Crippen molar-refractivity contribution >= 4 is 7.25 Å². The van der Waals surface area contributed by atoms with Crippen LogP contribution < -0.4 is 0 Å². The van der Waals surface area contributed by atoms with E-state index in [1.807, 2.05) is 0 Å². The molecule has 0 fully saturated rings. The number of hydrogen-bond acceptors (Lipinski definition) is 0. The minimum absolute atomic E-state index is 0.782. The first-order valence-corrected chi connectivity index (χ1v) is 5.86. The molecule has 0 aromatic rings. The highest BCUT2D eigenvalue weighted by Crippen LogP contribution is 2.13. The molecule has 100 valence electrons. The van der Waals surface area contributed by atoms with Gasteiger partial charge in [-0.15, -0.1) is 0 Å². The molecule has 0 aliphatic carbocycles. The zero-order valence-corrected chi connectivity index (χ0v) is 10.9. The molecule has 0 amide bonds. The van der Waals surface area contributed by atoms with Gasteiger partial charge < -0.3 is 21.7 Å². The Morgan fingerprint density at radius 1 is 0.938 bits per heavy atom. The molecule has 0 unspecified atom stereocenters. The molecule has 0 rings (SSSR count). The van der Waals surface area contributed by atoms with E-state index in [0.29, 0.717) is 0 Å². The monoisotopic (exact) mass is 245 g/mol. The van der Waals surface area contributed by atoms with Crippen LogP contribution in [0.4, 0.5) is 17.3 Å². The Kier molecular flexibility index (Phi) is 8.98. The first-order valence-electron chi connectivity index (χ1n) is 5.86. The molecule has 0 aromatic carbocycles. The van der Waals surface area contributed by atoms with E-state index in [1.165, 1.54) is 30.5 Å². The molecule has 0 atom stereocenters. The summed E-state index contributed by atoms with van der Waals surface area (Å²) in [5.41, 5.74) is 0. The number of quaternary nitrogens is 1. The predicted octanol–water partition coefficient (Wildman–Crippen LogP) is 3.96. The summed E-state index contributed by atoms with van der Waals surface area (Å²) >= 11 is 0. The first kappa shape index (κ1) is 18.1. The summed E-state index contributed by atoms with van der Waals surface area (Å²) in [6.45, 7) is 15.5. The van der Waals surface area contributed by atoms with E-state index in [1.54, 1.807) is 0 Å². The Labute approximate surface area is 96.5 Å². The van der Waals surface area contributed by atoms with Gasteiger partial charge in [-0.3, -0.25) is 0 Å². The van der Waals surface area contributed by atoms with Gasteiger partial charge in [-0.1, -0.05) is 6.92 Å². The third-order valence-corrected chi connectivity index (χ3v) is 3.02. The van der Waals surface area contributed by atoms with Crippen LogP contribution in [0.25, 0.3) is 0 Å². The molecular weight excluding hydrogens is 221 g/mol. The van der Waals surface area contributed by atoms with Gasteiger partial charge in [-0.25, -0.2) is 0 Å². The van der Waals surface area contributed by atoms with Crippen molar-refractivity contribution in [2.24, 2.45) is 0 Å². The summed E-state index contributed by atoms with van der Waals surface area (Å²) in [4.78, 5) is 0. The second-order valence-electron chi connectivity index (χ2n) is 4.16. The van der Waals surface area contributed by atoms with E-state index in [4.69, 9.17) is 0 Å². The maximum absolute atomic E-state index is 9.75. The van der Waals surface area contributed by atoms with Crippen molar-refractivity contribution in [2.75, 3.05) is 19.6 Å². The van der Waals surface area contributed by atoms with Gasteiger partial charge in [0.25, 0.3) is 0 Å². The molecule has 0 heterocycles. The van der Waals surface area contributed by atoms with E-state index >= 15 is 0 Å². The Morgan fingerprint density at radius 3 is 1.31 bits per heavy atom. The highest BCUT2D eigenvalue weighted by atomic mass is 19.5. The summed E-state index contributed by atoms with van der Waals surface area (Å²) in [7, 11) is -6.00. The van der Waals surface area contributed by atoms with E-state index < -0.39 is 7.25 Å². The largest absolute Gasteiger partial charge is 0.673 e. The fraction of sp³-hybridized carbons (Fsp3) is 1.00. The average molecular weight is 245 g/mol. The molecule has 0 saturated carbocycles. The van der Waals surface area contributed by atoms with Crippen LogP contribution in [-0.4, -0.2) is 37.4 Å². The van der Waals surface area contributed by atoms with Crippen LogP contribution in [0.1, 0.15) is 41.0 Å². The van der Waals surface area contributed by atoms with Crippen molar-refractivity contribution in [2.45, 2.75) is 47.1 Å². The van der Waals surface area contributed by atoms with E-state index in [0.717, 1.165) is 6.04 Å². The molecule has 1 nitrogen and oxygen atoms in total. The third kappa shape index (κ3) is 9.01. The molecule has 0 aliphatic heterocycles. The maximum Gasteiger partial charge on any atom is 0.673 e. The second kappa shape index (κ2) is 7.93. The van der Waals surface area contributed by atoms with Crippen LogP contribution in [0, 0.1) is 0 Å². The van der Waals surface area contributed by atoms with Gasteiger partial charge in [0.1, 0.15) is 0 Å². The molecule has 0 aromatic heterocycles. The van der Waals surface area contributed by atoms with Gasteiger partial charge in [-0.2, -0.15) is 0 Å². The summed E-state index contributed by atoms with van der Waals surface area (Å²) in [5.74, 6) is 0. The Morgan fingerprint density at radius 2 is 1.25 bits per heavy atom. The van der Waals surface area contributed by atoms with Crippen molar-refractivity contribution in [1.82, 2.24) is 0 Å². The van der Waals surface area contributed by atoms with E-state index in [-0.39, 0.29) is 0 Å². The van der Waals surface area contributed by atoms with Crippen molar-refractivity contribution in [1.29, 1.82) is 0 Å². The summed E-state index contributed by atoms with van der Waals surface area (Å²) in [6.07, 6.45) is 1.31. The number of nitrogens with zero attached hydrogens (tertiary/aromatic N) is 1. The molecule has 0 bridgehead atoms. The number of rotatable bonds is 5. The zero-order valence-electron chi connectivity index (χ0n) is 10.9. The van der Waals surface area contributed by atoms with Crippen molar-refractivity contribution in [3.05, 3.63) is 0 Å². The summed E-state index contributed by atoms with van der Waals surface area (Å²) < 4.78 is 40.3. The lowest BCUT2D eigenvalue weighted by Gasteiger charge is -2.40. The summed E-state index contributed by atoms with van der Waals surface area (Å²) in [6, 6.07) is 0.782. The minimum atomic E-state index is -6.00. The third-order valence-electron chi connectivity index (χ3n) is 3.02. The van der Waals surface area contributed by atoms with Crippen LogP contribution in [0.15, 0.2) is 0 Å². The van der Waals surface area contributed by atoms with Crippen molar-refractivity contribution in [3.8, 4) is 0 Å². The minimum Gasteiger partial charge on any atom is -0.418 e. The van der Waals surface area contributed by atoms with Gasteiger partial charge in [0.15, 0.2) is 0 Å². The fourth-order valence-corrected chi connectivity index (χ4v) is 1.97. The molecule has 0 radical (unpaired) electrons. The van der Waals surface area contributed by atoms with Crippen LogP contribution in [0.3, 0.4) is 0 Å². The van der Waals surface area contributed by atoms with Crippen LogP contribution in [0.2, 0.25) is 0 Å². The summed E-state index contributed by atoms with van der Waals surface area (Å²) in [5, 5.41) is 0. The lowest BCUT2D eigenvalue weighted by Crippen LogP contribution is -2.53. The Hall–Kier alpha value is -0.255. The fourth-order valence-electron chi connectivity index (χ4n) is 1.97. The predicted molar refractivity (Wildman–Crippen MR) is 61.8 cm³/mol. The van der Waals surface area contributed by atoms with Crippen molar-refractivity contribution in [3.63, 3.8) is 0 Å². The SMILES string of the molecule is CCC[N+](CC)(CC)C(C)C.F[B-](F)(F)F.